The van der Waals surface area contributed by atoms with Gasteiger partial charge in [0.05, 0.1) is 0 Å². The molecule has 0 saturated carbocycles. The molecule has 0 spiro atoms. The summed E-state index contributed by atoms with van der Waals surface area (Å²) in [5, 5.41) is 0. The van der Waals surface area contributed by atoms with Gasteiger partial charge >= 0.3 is 0 Å². The van der Waals surface area contributed by atoms with Crippen molar-refractivity contribution < 1.29 is 0 Å². The minimum atomic E-state index is 0.641. The van der Waals surface area contributed by atoms with Crippen LogP contribution in [0.1, 0.15) is 18.9 Å². The molecular weight excluding hydrogens is 194 g/mol. The Bertz CT molecular complexity index is 480. The molecule has 0 saturated heterocycles. The Morgan fingerprint density at radius 2 is 1.94 bits per heavy atom. The van der Waals surface area contributed by atoms with Gasteiger partial charge in [0.15, 0.2) is 0 Å². The third-order valence-electron chi connectivity index (χ3n) is 2.58. The molecule has 16 heavy (non-hydrogen) atoms. The molecule has 1 nitrogen and oxygen atoms in total. The van der Waals surface area contributed by atoms with Gasteiger partial charge in [-0.15, -0.1) is 0 Å². The van der Waals surface area contributed by atoms with E-state index in [-0.39, 0.29) is 0 Å². The first-order valence-corrected chi connectivity index (χ1v) is 5.50. The van der Waals surface area contributed by atoms with E-state index in [0.29, 0.717) is 5.92 Å². The molecule has 0 radical (unpaired) electrons. The monoisotopic (exact) mass is 209 g/mol. The van der Waals surface area contributed by atoms with Crippen LogP contribution in [0.4, 0.5) is 5.69 Å². The number of hydrogen-bond donors (Lipinski definition) is 1. The van der Waals surface area contributed by atoms with Crippen molar-refractivity contribution in [2.45, 2.75) is 13.3 Å². The molecule has 1 aliphatic rings. The summed E-state index contributed by atoms with van der Waals surface area (Å²) in [6.07, 6.45) is 7.57. The van der Waals surface area contributed by atoms with E-state index in [4.69, 9.17) is 5.73 Å². The average Bonchev–Trinajstić information content (AvgIpc) is 2.30. The minimum absolute atomic E-state index is 0.641. The third kappa shape index (κ3) is 2.77. The highest BCUT2D eigenvalue weighted by molar-refractivity contribution is 5.49. The van der Waals surface area contributed by atoms with Crippen LogP contribution < -0.4 is 5.73 Å². The Morgan fingerprint density at radius 1 is 1.19 bits per heavy atom. The lowest BCUT2D eigenvalue weighted by atomic mass is 9.99. The topological polar surface area (TPSA) is 26.0 Å². The van der Waals surface area contributed by atoms with Crippen molar-refractivity contribution in [2.75, 3.05) is 5.73 Å². The first-order valence-electron chi connectivity index (χ1n) is 5.50. The molecule has 2 rings (SSSR count). The third-order valence-corrected chi connectivity index (χ3v) is 2.58. The predicted molar refractivity (Wildman–Crippen MR) is 68.7 cm³/mol. The van der Waals surface area contributed by atoms with E-state index in [0.717, 1.165) is 23.2 Å². The molecular formula is C15H15N. The summed E-state index contributed by atoms with van der Waals surface area (Å²) in [7, 11) is 0. The lowest BCUT2D eigenvalue weighted by Gasteiger charge is -2.06. The summed E-state index contributed by atoms with van der Waals surface area (Å²) in [6, 6.07) is 7.63. The zero-order chi connectivity index (χ0) is 11.4. The largest absolute Gasteiger partial charge is 0.399 e. The quantitative estimate of drug-likeness (QED) is 0.515. The van der Waals surface area contributed by atoms with Crippen LogP contribution in [0.25, 0.3) is 0 Å². The van der Waals surface area contributed by atoms with Crippen LogP contribution in [0.3, 0.4) is 0 Å². The molecule has 0 fully saturated rings. The number of benzene rings is 1. The highest BCUT2D eigenvalue weighted by Gasteiger charge is 2.00. The summed E-state index contributed by atoms with van der Waals surface area (Å²) in [5.41, 5.74) is 8.49. The molecule has 1 aromatic rings. The smallest absolute Gasteiger partial charge is 0.0314 e. The SMILES string of the molecule is CC1C=CC(C#Cc2ccc(N)cc2)=CC1. The first kappa shape index (κ1) is 10.6. The van der Waals surface area contributed by atoms with Crippen molar-refractivity contribution in [1.82, 2.24) is 0 Å². The van der Waals surface area contributed by atoms with E-state index in [2.05, 4.69) is 37.0 Å². The van der Waals surface area contributed by atoms with Gasteiger partial charge in [0.2, 0.25) is 0 Å². The summed E-state index contributed by atoms with van der Waals surface area (Å²) >= 11 is 0. The maximum absolute atomic E-state index is 5.61. The highest BCUT2D eigenvalue weighted by Crippen LogP contribution is 2.14. The van der Waals surface area contributed by atoms with Crippen molar-refractivity contribution in [3.05, 3.63) is 53.6 Å². The molecule has 80 valence electrons. The van der Waals surface area contributed by atoms with Crippen molar-refractivity contribution >= 4 is 5.69 Å². The van der Waals surface area contributed by atoms with E-state index in [1.807, 2.05) is 24.3 Å². The number of allylic oxidation sites excluding steroid dienone is 4. The summed E-state index contributed by atoms with van der Waals surface area (Å²) in [4.78, 5) is 0. The van der Waals surface area contributed by atoms with Gasteiger partial charge in [-0.25, -0.2) is 0 Å². The van der Waals surface area contributed by atoms with Crippen molar-refractivity contribution in [3.8, 4) is 11.8 Å². The molecule has 0 bridgehead atoms. The van der Waals surface area contributed by atoms with Gasteiger partial charge in [0, 0.05) is 16.8 Å². The van der Waals surface area contributed by atoms with Crippen molar-refractivity contribution in [1.29, 1.82) is 0 Å². The number of rotatable bonds is 0. The number of nitrogen functional groups attached to an aromatic ring is 1. The van der Waals surface area contributed by atoms with Gasteiger partial charge in [0.25, 0.3) is 0 Å². The Labute approximate surface area is 96.7 Å². The van der Waals surface area contributed by atoms with Gasteiger partial charge in [-0.1, -0.05) is 37.0 Å². The van der Waals surface area contributed by atoms with Gasteiger partial charge in [-0.3, -0.25) is 0 Å². The fourth-order valence-corrected chi connectivity index (χ4v) is 1.53. The van der Waals surface area contributed by atoms with Gasteiger partial charge in [0.1, 0.15) is 0 Å². The number of hydrogen-bond acceptors (Lipinski definition) is 1. The second kappa shape index (κ2) is 4.72. The molecule has 0 aromatic heterocycles. The Hall–Kier alpha value is -1.94. The lowest BCUT2D eigenvalue weighted by molar-refractivity contribution is 0.734. The van der Waals surface area contributed by atoms with Crippen molar-refractivity contribution in [2.24, 2.45) is 5.92 Å². The molecule has 1 aliphatic carbocycles. The summed E-state index contributed by atoms with van der Waals surface area (Å²) in [5.74, 6) is 6.93. The molecule has 0 heterocycles. The van der Waals surface area contributed by atoms with Crippen LogP contribution in [-0.4, -0.2) is 0 Å². The summed E-state index contributed by atoms with van der Waals surface area (Å²) < 4.78 is 0. The second-order valence-electron chi connectivity index (χ2n) is 4.10. The molecule has 1 unspecified atom stereocenters. The number of nitrogens with two attached hydrogens (primary N) is 1. The average molecular weight is 209 g/mol. The lowest BCUT2D eigenvalue weighted by Crippen LogP contribution is -1.92. The van der Waals surface area contributed by atoms with E-state index >= 15 is 0 Å². The van der Waals surface area contributed by atoms with Crippen LogP contribution in [0.2, 0.25) is 0 Å². The van der Waals surface area contributed by atoms with Gasteiger partial charge < -0.3 is 5.73 Å². The van der Waals surface area contributed by atoms with Crippen LogP contribution in [-0.2, 0) is 0 Å². The zero-order valence-corrected chi connectivity index (χ0v) is 9.40. The predicted octanol–water partition coefficient (Wildman–Crippen LogP) is 3.14. The van der Waals surface area contributed by atoms with E-state index < -0.39 is 0 Å². The van der Waals surface area contributed by atoms with E-state index in [9.17, 15) is 0 Å². The standard InChI is InChI=1S/C15H15N/c1-12-2-4-13(5-3-12)6-7-14-8-10-15(16)11-9-14/h2,4-5,8-12H,3,16H2,1H3. The summed E-state index contributed by atoms with van der Waals surface area (Å²) in [6.45, 7) is 2.21. The Morgan fingerprint density at radius 3 is 2.56 bits per heavy atom. The maximum atomic E-state index is 5.61. The fourth-order valence-electron chi connectivity index (χ4n) is 1.53. The van der Waals surface area contributed by atoms with Gasteiger partial charge in [-0.2, -0.15) is 0 Å². The second-order valence-corrected chi connectivity index (χ2v) is 4.10. The molecule has 2 N–H and O–H groups in total. The zero-order valence-electron chi connectivity index (χ0n) is 9.40. The normalized spacial score (nSPS) is 18.6. The highest BCUT2D eigenvalue weighted by atomic mass is 14.5. The molecule has 1 atom stereocenters. The van der Waals surface area contributed by atoms with Crippen LogP contribution in [0.5, 0.6) is 0 Å². The van der Waals surface area contributed by atoms with Crippen LogP contribution >= 0.6 is 0 Å². The molecule has 1 aromatic carbocycles. The minimum Gasteiger partial charge on any atom is -0.399 e. The number of anilines is 1. The first-order chi connectivity index (χ1) is 7.74. The fraction of sp³-hybridized carbons (Fsp3) is 0.200. The van der Waals surface area contributed by atoms with E-state index in [1.54, 1.807) is 0 Å². The van der Waals surface area contributed by atoms with Gasteiger partial charge in [-0.05, 0) is 36.6 Å². The van der Waals surface area contributed by atoms with Crippen LogP contribution in [0.15, 0.2) is 48.1 Å². The van der Waals surface area contributed by atoms with Crippen molar-refractivity contribution in [3.63, 3.8) is 0 Å². The molecule has 1 heteroatoms. The van der Waals surface area contributed by atoms with E-state index in [1.165, 1.54) is 0 Å². The molecule has 0 amide bonds. The van der Waals surface area contributed by atoms with Crippen LogP contribution in [0, 0.1) is 17.8 Å². The molecule has 0 aliphatic heterocycles. The Kier molecular flexibility index (Phi) is 3.12. The maximum Gasteiger partial charge on any atom is 0.0314 e. The Balaban J connectivity index is 2.11.